The van der Waals surface area contributed by atoms with Crippen molar-refractivity contribution in [3.05, 3.63) is 46.8 Å². The predicted molar refractivity (Wildman–Crippen MR) is 72.2 cm³/mol. The fourth-order valence-electron chi connectivity index (χ4n) is 2.78. The Morgan fingerprint density at radius 2 is 1.77 bits per heavy atom. The smallest absolute Gasteiger partial charge is 0.416 e. The van der Waals surface area contributed by atoms with Gasteiger partial charge in [-0.25, -0.2) is 9.48 Å². The van der Waals surface area contributed by atoms with Crippen LogP contribution < -0.4 is 0 Å². The fraction of sp³-hybridized carbons (Fsp3) is 0.333. The Bertz CT molecular complexity index is 718. The lowest BCUT2D eigenvalue weighted by Gasteiger charge is -2.14. The van der Waals surface area contributed by atoms with Crippen LogP contribution in [0.4, 0.5) is 13.2 Å². The summed E-state index contributed by atoms with van der Waals surface area (Å²) in [5.74, 6) is -1.11. The van der Waals surface area contributed by atoms with E-state index in [1.165, 1.54) is 16.8 Å². The second-order valence-corrected chi connectivity index (χ2v) is 5.24. The summed E-state index contributed by atoms with van der Waals surface area (Å²) in [5.41, 5.74) is 1.17. The molecule has 1 aromatic carbocycles. The highest BCUT2D eigenvalue weighted by Gasteiger charge is 2.30. The molecule has 0 saturated heterocycles. The molecule has 1 heterocycles. The lowest BCUT2D eigenvalue weighted by molar-refractivity contribution is -0.137. The SMILES string of the molecule is O=C(O)c1nn(-c2ccc(C(F)(F)F)cc2)c2c1CCCC2. The molecule has 7 heteroatoms. The van der Waals surface area contributed by atoms with E-state index in [-0.39, 0.29) is 5.69 Å². The molecular weight excluding hydrogens is 297 g/mol. The van der Waals surface area contributed by atoms with Crippen molar-refractivity contribution in [1.82, 2.24) is 9.78 Å². The molecule has 22 heavy (non-hydrogen) atoms. The Balaban J connectivity index is 2.07. The van der Waals surface area contributed by atoms with E-state index in [0.29, 0.717) is 24.1 Å². The van der Waals surface area contributed by atoms with Gasteiger partial charge in [0, 0.05) is 11.3 Å². The zero-order valence-electron chi connectivity index (χ0n) is 11.5. The molecule has 0 unspecified atom stereocenters. The first-order valence-electron chi connectivity index (χ1n) is 6.89. The van der Waals surface area contributed by atoms with Gasteiger partial charge in [-0.15, -0.1) is 0 Å². The van der Waals surface area contributed by atoms with Crippen LogP contribution in [-0.4, -0.2) is 20.9 Å². The molecule has 0 fully saturated rings. The van der Waals surface area contributed by atoms with Crippen molar-refractivity contribution in [3.8, 4) is 5.69 Å². The molecule has 2 aromatic rings. The predicted octanol–water partition coefficient (Wildman–Crippen LogP) is 3.47. The number of hydrogen-bond acceptors (Lipinski definition) is 2. The number of alkyl halides is 3. The summed E-state index contributed by atoms with van der Waals surface area (Å²) >= 11 is 0. The van der Waals surface area contributed by atoms with Gasteiger partial charge in [0.05, 0.1) is 11.3 Å². The molecule has 3 rings (SSSR count). The van der Waals surface area contributed by atoms with Crippen molar-refractivity contribution in [1.29, 1.82) is 0 Å². The maximum absolute atomic E-state index is 12.6. The van der Waals surface area contributed by atoms with Gasteiger partial charge in [0.2, 0.25) is 0 Å². The maximum Gasteiger partial charge on any atom is 0.416 e. The summed E-state index contributed by atoms with van der Waals surface area (Å²) in [6, 6.07) is 4.59. The normalized spacial score (nSPS) is 14.7. The average Bonchev–Trinajstić information content (AvgIpc) is 2.86. The van der Waals surface area contributed by atoms with Crippen molar-refractivity contribution in [3.63, 3.8) is 0 Å². The van der Waals surface area contributed by atoms with Crippen molar-refractivity contribution in [2.24, 2.45) is 0 Å². The minimum Gasteiger partial charge on any atom is -0.476 e. The van der Waals surface area contributed by atoms with Crippen LogP contribution in [0.15, 0.2) is 24.3 Å². The molecule has 0 atom stereocenters. The first-order chi connectivity index (χ1) is 10.4. The minimum absolute atomic E-state index is 0.00500. The van der Waals surface area contributed by atoms with Gasteiger partial charge < -0.3 is 5.11 Å². The first-order valence-corrected chi connectivity index (χ1v) is 6.89. The van der Waals surface area contributed by atoms with Crippen LogP contribution in [0.1, 0.15) is 40.2 Å². The number of hydrogen-bond donors (Lipinski definition) is 1. The molecule has 0 aliphatic heterocycles. The molecule has 0 radical (unpaired) electrons. The quantitative estimate of drug-likeness (QED) is 0.924. The maximum atomic E-state index is 12.6. The molecule has 0 saturated carbocycles. The molecule has 0 bridgehead atoms. The molecular formula is C15H13F3N2O2. The van der Waals surface area contributed by atoms with Crippen LogP contribution in [0.25, 0.3) is 5.69 Å². The van der Waals surface area contributed by atoms with Gasteiger partial charge >= 0.3 is 12.1 Å². The van der Waals surface area contributed by atoms with E-state index in [4.69, 9.17) is 0 Å². The summed E-state index contributed by atoms with van der Waals surface area (Å²) in [6.07, 6.45) is -1.27. The zero-order valence-corrected chi connectivity index (χ0v) is 11.5. The number of aromatic carboxylic acids is 1. The Hall–Kier alpha value is -2.31. The third-order valence-corrected chi connectivity index (χ3v) is 3.82. The molecule has 1 aromatic heterocycles. The van der Waals surface area contributed by atoms with Crippen LogP contribution in [-0.2, 0) is 19.0 Å². The monoisotopic (exact) mass is 310 g/mol. The van der Waals surface area contributed by atoms with Crippen LogP contribution in [0.2, 0.25) is 0 Å². The van der Waals surface area contributed by atoms with Crippen molar-refractivity contribution >= 4 is 5.97 Å². The van der Waals surface area contributed by atoms with E-state index in [0.717, 1.165) is 30.7 Å². The first kappa shape index (κ1) is 14.6. The molecule has 1 aliphatic carbocycles. The summed E-state index contributed by atoms with van der Waals surface area (Å²) in [4.78, 5) is 11.3. The Morgan fingerprint density at radius 1 is 1.14 bits per heavy atom. The third kappa shape index (κ3) is 2.47. The van der Waals surface area contributed by atoms with E-state index >= 15 is 0 Å². The summed E-state index contributed by atoms with van der Waals surface area (Å²) in [5, 5.41) is 13.3. The van der Waals surface area contributed by atoms with Gasteiger partial charge in [0.1, 0.15) is 0 Å². The van der Waals surface area contributed by atoms with Gasteiger partial charge in [0.15, 0.2) is 5.69 Å². The van der Waals surface area contributed by atoms with Crippen molar-refractivity contribution in [2.45, 2.75) is 31.9 Å². The highest BCUT2D eigenvalue weighted by molar-refractivity contribution is 5.87. The second-order valence-electron chi connectivity index (χ2n) is 5.24. The van der Waals surface area contributed by atoms with Crippen LogP contribution in [0.3, 0.4) is 0 Å². The van der Waals surface area contributed by atoms with Crippen LogP contribution >= 0.6 is 0 Å². The summed E-state index contributed by atoms with van der Waals surface area (Å²) in [6.45, 7) is 0. The number of halogens is 3. The molecule has 116 valence electrons. The third-order valence-electron chi connectivity index (χ3n) is 3.82. The van der Waals surface area contributed by atoms with E-state index in [1.54, 1.807) is 0 Å². The molecule has 4 nitrogen and oxygen atoms in total. The lowest BCUT2D eigenvalue weighted by atomic mass is 9.95. The Morgan fingerprint density at radius 3 is 2.36 bits per heavy atom. The van der Waals surface area contributed by atoms with Crippen LogP contribution in [0.5, 0.6) is 0 Å². The van der Waals surface area contributed by atoms with E-state index < -0.39 is 17.7 Å². The topological polar surface area (TPSA) is 55.1 Å². The van der Waals surface area contributed by atoms with Crippen molar-refractivity contribution < 1.29 is 23.1 Å². The van der Waals surface area contributed by atoms with Gasteiger partial charge in [-0.2, -0.15) is 18.3 Å². The standard InChI is InChI=1S/C15H13F3N2O2/c16-15(17,18)9-5-7-10(8-6-9)20-12-4-2-1-3-11(12)13(19-20)14(21)22/h5-8H,1-4H2,(H,21,22). The fourth-order valence-corrected chi connectivity index (χ4v) is 2.78. The number of carbonyl (C=O) groups is 1. The lowest BCUT2D eigenvalue weighted by Crippen LogP contribution is -2.09. The summed E-state index contributed by atoms with van der Waals surface area (Å²) in [7, 11) is 0. The number of carboxylic acids is 1. The number of nitrogens with zero attached hydrogens (tertiary/aromatic N) is 2. The number of fused-ring (bicyclic) bond motifs is 1. The van der Waals surface area contributed by atoms with Crippen molar-refractivity contribution in [2.75, 3.05) is 0 Å². The zero-order chi connectivity index (χ0) is 15.9. The highest BCUT2D eigenvalue weighted by atomic mass is 19.4. The number of carboxylic acid groups (broad SMARTS) is 1. The Labute approximate surface area is 124 Å². The number of rotatable bonds is 2. The van der Waals surface area contributed by atoms with E-state index in [2.05, 4.69) is 5.10 Å². The Kier molecular flexibility index (Phi) is 3.42. The van der Waals surface area contributed by atoms with Gasteiger partial charge in [-0.3, -0.25) is 0 Å². The molecule has 1 aliphatic rings. The summed E-state index contributed by atoms with van der Waals surface area (Å²) < 4.78 is 39.3. The largest absolute Gasteiger partial charge is 0.476 e. The van der Waals surface area contributed by atoms with E-state index in [9.17, 15) is 23.1 Å². The molecule has 0 amide bonds. The number of aromatic nitrogens is 2. The van der Waals surface area contributed by atoms with Gasteiger partial charge in [-0.1, -0.05) is 0 Å². The van der Waals surface area contributed by atoms with Gasteiger partial charge in [0.25, 0.3) is 0 Å². The highest BCUT2D eigenvalue weighted by Crippen LogP contribution is 2.31. The minimum atomic E-state index is -4.39. The average molecular weight is 310 g/mol. The molecule has 1 N–H and O–H groups in total. The second kappa shape index (κ2) is 5.15. The molecule has 0 spiro atoms. The van der Waals surface area contributed by atoms with Crippen LogP contribution in [0, 0.1) is 0 Å². The number of benzene rings is 1. The van der Waals surface area contributed by atoms with Gasteiger partial charge in [-0.05, 0) is 49.9 Å². The van der Waals surface area contributed by atoms with E-state index in [1.807, 2.05) is 0 Å².